The molecular formula is C12H6F18I2. The van der Waals surface area contributed by atoms with Crippen molar-refractivity contribution in [2.75, 3.05) is 0 Å². The molecule has 0 aliphatic heterocycles. The van der Waals surface area contributed by atoms with Crippen LogP contribution in [0.5, 0.6) is 0 Å². The molecule has 0 rings (SSSR count). The molecule has 0 saturated carbocycles. The summed E-state index contributed by atoms with van der Waals surface area (Å²) in [6.45, 7) is 0. The van der Waals surface area contributed by atoms with E-state index in [-0.39, 0.29) is 0 Å². The summed E-state index contributed by atoms with van der Waals surface area (Å²) < 4.78 is 225. The van der Waals surface area contributed by atoms with Crippen LogP contribution in [-0.2, 0) is 0 Å². The number of halogens is 20. The second-order valence-electron chi connectivity index (χ2n) is 6.14. The first-order chi connectivity index (χ1) is 13.5. The topological polar surface area (TPSA) is 0 Å². The summed E-state index contributed by atoms with van der Waals surface area (Å²) in [5.74, 6) is -41.6. The van der Waals surface area contributed by atoms with Gasteiger partial charge in [-0.05, 0) is 0 Å². The standard InChI is InChI=1S/C12H6F18I2/c13-5(14,7(17,18)9(21,22)11(25,26)27)1-3(31)4(32)2-6(15,16)8(19,20)10(23,24)12(28,29)30/h3-4H,1-2H2. The predicted molar refractivity (Wildman–Crippen MR) is 86.6 cm³/mol. The fourth-order valence-electron chi connectivity index (χ4n) is 1.82. The lowest BCUT2D eigenvalue weighted by Gasteiger charge is -2.37. The Hall–Kier alpha value is 0.200. The molecule has 0 aliphatic rings. The van der Waals surface area contributed by atoms with Crippen LogP contribution in [0.2, 0.25) is 0 Å². The molecule has 0 aromatic heterocycles. The lowest BCUT2D eigenvalue weighted by molar-refractivity contribution is -0.397. The zero-order valence-electron chi connectivity index (χ0n) is 14.1. The van der Waals surface area contributed by atoms with Crippen molar-refractivity contribution in [1.82, 2.24) is 0 Å². The number of rotatable bonds is 9. The minimum Gasteiger partial charge on any atom is -0.200 e. The number of alkyl halides is 20. The van der Waals surface area contributed by atoms with Crippen LogP contribution in [0.4, 0.5) is 79.0 Å². The summed E-state index contributed by atoms with van der Waals surface area (Å²) in [5.41, 5.74) is 0. The summed E-state index contributed by atoms with van der Waals surface area (Å²) in [7, 11) is 0. The molecule has 0 amide bonds. The Labute approximate surface area is 192 Å². The molecule has 194 valence electrons. The van der Waals surface area contributed by atoms with Crippen molar-refractivity contribution >= 4 is 45.2 Å². The van der Waals surface area contributed by atoms with E-state index in [0.29, 0.717) is 45.2 Å². The normalized spacial score (nSPS) is 18.0. The van der Waals surface area contributed by atoms with E-state index < -0.39 is 68.6 Å². The van der Waals surface area contributed by atoms with Crippen LogP contribution in [0.3, 0.4) is 0 Å². The molecule has 0 radical (unpaired) electrons. The summed E-state index contributed by atoms with van der Waals surface area (Å²) in [6.07, 6.45) is -20.0. The largest absolute Gasteiger partial charge is 0.460 e. The van der Waals surface area contributed by atoms with Gasteiger partial charge in [0.25, 0.3) is 0 Å². The quantitative estimate of drug-likeness (QED) is 0.127. The lowest BCUT2D eigenvalue weighted by atomic mass is 9.95. The molecule has 32 heavy (non-hydrogen) atoms. The van der Waals surface area contributed by atoms with Gasteiger partial charge in [0.15, 0.2) is 0 Å². The fourth-order valence-corrected chi connectivity index (χ4v) is 3.43. The van der Waals surface area contributed by atoms with Crippen molar-refractivity contribution in [2.24, 2.45) is 0 Å². The third-order valence-electron chi connectivity index (χ3n) is 3.71. The molecule has 2 atom stereocenters. The lowest BCUT2D eigenvalue weighted by Crippen LogP contribution is -2.62. The van der Waals surface area contributed by atoms with Gasteiger partial charge in [-0.2, -0.15) is 79.0 Å². The van der Waals surface area contributed by atoms with E-state index in [1.807, 2.05) is 0 Å². The average molecular weight is 746 g/mol. The Bertz CT molecular complexity index is 591. The molecule has 0 N–H and O–H groups in total. The molecule has 0 saturated heterocycles. The van der Waals surface area contributed by atoms with Gasteiger partial charge in [-0.3, -0.25) is 0 Å². The second kappa shape index (κ2) is 9.01. The Morgan fingerprint density at radius 2 is 0.562 bits per heavy atom. The second-order valence-corrected chi connectivity index (χ2v) is 9.34. The highest BCUT2D eigenvalue weighted by Crippen LogP contribution is 2.57. The summed E-state index contributed by atoms with van der Waals surface area (Å²) in [6, 6.07) is 0. The number of hydrogen-bond donors (Lipinski definition) is 0. The van der Waals surface area contributed by atoms with E-state index in [1.54, 1.807) is 0 Å². The Morgan fingerprint density at radius 1 is 0.375 bits per heavy atom. The van der Waals surface area contributed by atoms with Crippen LogP contribution in [0.15, 0.2) is 0 Å². The molecule has 0 bridgehead atoms. The van der Waals surface area contributed by atoms with Gasteiger partial charge in [0, 0.05) is 20.7 Å². The summed E-state index contributed by atoms with van der Waals surface area (Å²) >= 11 is 0.904. The van der Waals surface area contributed by atoms with E-state index in [2.05, 4.69) is 0 Å². The van der Waals surface area contributed by atoms with Gasteiger partial charge in [-0.25, -0.2) is 0 Å². The molecular weight excluding hydrogens is 740 g/mol. The Kier molecular flexibility index (Phi) is 9.07. The van der Waals surface area contributed by atoms with Gasteiger partial charge < -0.3 is 0 Å². The average Bonchev–Trinajstić information content (AvgIpc) is 2.50. The number of hydrogen-bond acceptors (Lipinski definition) is 0. The van der Waals surface area contributed by atoms with Gasteiger partial charge in [-0.15, -0.1) is 0 Å². The zero-order valence-corrected chi connectivity index (χ0v) is 18.4. The molecule has 0 aliphatic carbocycles. The highest BCUT2D eigenvalue weighted by Gasteiger charge is 2.83. The van der Waals surface area contributed by atoms with Crippen LogP contribution < -0.4 is 0 Å². The maximum Gasteiger partial charge on any atom is 0.460 e. The van der Waals surface area contributed by atoms with Crippen LogP contribution in [0.25, 0.3) is 0 Å². The van der Waals surface area contributed by atoms with Gasteiger partial charge in [0.1, 0.15) is 0 Å². The minimum atomic E-state index is -7.34. The molecule has 0 heterocycles. The smallest absolute Gasteiger partial charge is 0.200 e. The van der Waals surface area contributed by atoms with Crippen LogP contribution in [-0.4, -0.2) is 55.7 Å². The van der Waals surface area contributed by atoms with Crippen molar-refractivity contribution in [1.29, 1.82) is 0 Å². The van der Waals surface area contributed by atoms with Gasteiger partial charge >= 0.3 is 47.9 Å². The van der Waals surface area contributed by atoms with E-state index in [1.165, 1.54) is 0 Å². The van der Waals surface area contributed by atoms with Crippen molar-refractivity contribution < 1.29 is 79.0 Å². The first-order valence-electron chi connectivity index (χ1n) is 7.20. The maximum absolute atomic E-state index is 13.5. The van der Waals surface area contributed by atoms with E-state index in [9.17, 15) is 79.0 Å². The maximum atomic E-state index is 13.5. The molecule has 2 unspecified atom stereocenters. The van der Waals surface area contributed by atoms with Crippen molar-refractivity contribution in [2.45, 2.75) is 68.6 Å². The molecule has 0 nitrogen and oxygen atoms in total. The Balaban J connectivity index is 5.78. The van der Waals surface area contributed by atoms with Crippen molar-refractivity contribution in [3.8, 4) is 0 Å². The minimum absolute atomic E-state index is 0.452. The monoisotopic (exact) mass is 746 g/mol. The van der Waals surface area contributed by atoms with Crippen LogP contribution in [0, 0.1) is 0 Å². The fraction of sp³-hybridized carbons (Fsp3) is 1.00. The zero-order chi connectivity index (χ0) is 26.6. The van der Waals surface area contributed by atoms with Gasteiger partial charge in [0.2, 0.25) is 0 Å². The SMILES string of the molecule is FC(F)(F)C(F)(F)C(F)(F)C(F)(F)CC(I)C(I)CC(F)(F)C(F)(F)C(F)(F)C(F)(F)F. The van der Waals surface area contributed by atoms with E-state index in [0.717, 1.165) is 0 Å². The third-order valence-corrected chi connectivity index (χ3v) is 7.71. The van der Waals surface area contributed by atoms with Crippen molar-refractivity contribution in [3.05, 3.63) is 0 Å². The van der Waals surface area contributed by atoms with Crippen LogP contribution in [0.1, 0.15) is 12.8 Å². The first-order valence-corrected chi connectivity index (χ1v) is 9.69. The van der Waals surface area contributed by atoms with Gasteiger partial charge in [-0.1, -0.05) is 45.2 Å². The molecule has 20 heteroatoms. The highest BCUT2D eigenvalue weighted by molar-refractivity contribution is 14.1. The molecule has 0 spiro atoms. The predicted octanol–water partition coefficient (Wildman–Crippen LogP) is 8.31. The molecule has 0 aromatic carbocycles. The van der Waals surface area contributed by atoms with Crippen molar-refractivity contribution in [3.63, 3.8) is 0 Å². The molecule has 0 aromatic rings. The summed E-state index contributed by atoms with van der Waals surface area (Å²) in [5, 5.41) is 0. The Morgan fingerprint density at radius 3 is 0.719 bits per heavy atom. The third kappa shape index (κ3) is 5.54. The van der Waals surface area contributed by atoms with Crippen LogP contribution >= 0.6 is 45.2 Å². The first kappa shape index (κ1) is 32.2. The van der Waals surface area contributed by atoms with E-state index >= 15 is 0 Å². The van der Waals surface area contributed by atoms with Gasteiger partial charge in [0.05, 0.1) is 0 Å². The summed E-state index contributed by atoms with van der Waals surface area (Å²) in [4.78, 5) is 0. The highest BCUT2D eigenvalue weighted by atomic mass is 127. The van der Waals surface area contributed by atoms with E-state index in [4.69, 9.17) is 0 Å². The molecule has 0 fully saturated rings.